The summed E-state index contributed by atoms with van der Waals surface area (Å²) in [6, 6.07) is 1.16. The molecule has 6 heteroatoms. The molecule has 3 nitrogen and oxygen atoms in total. The number of aromatic nitrogens is 1. The fourth-order valence-corrected chi connectivity index (χ4v) is 1.11. The number of carbonyl (C=O) groups excluding carboxylic acids is 1. The molecule has 1 aromatic heterocycles. The van der Waals surface area contributed by atoms with E-state index in [1.165, 1.54) is 0 Å². The van der Waals surface area contributed by atoms with Crippen molar-refractivity contribution in [2.24, 2.45) is 0 Å². The van der Waals surface area contributed by atoms with Crippen LogP contribution >= 0.6 is 15.9 Å². The van der Waals surface area contributed by atoms with Crippen LogP contribution in [0.15, 0.2) is 10.7 Å². The van der Waals surface area contributed by atoms with Crippen LogP contribution in [-0.2, 0) is 0 Å². The number of nitrogen functional groups attached to an aromatic ring is 1. The molecule has 1 aromatic rings. The molecule has 0 aliphatic rings. The third kappa shape index (κ3) is 2.00. The maximum absolute atomic E-state index is 12.2. The second-order valence-corrected chi connectivity index (χ2v) is 3.01. The van der Waals surface area contributed by atoms with Gasteiger partial charge >= 0.3 is 0 Å². The van der Waals surface area contributed by atoms with Gasteiger partial charge in [-0.1, -0.05) is 0 Å². The molecule has 0 fully saturated rings. The van der Waals surface area contributed by atoms with Crippen LogP contribution in [0.2, 0.25) is 0 Å². The number of halogens is 3. The quantitative estimate of drug-likeness (QED) is 0.647. The predicted molar refractivity (Wildman–Crippen MR) is 46.7 cm³/mol. The third-order valence-electron chi connectivity index (χ3n) is 1.40. The molecule has 1 heterocycles. The van der Waals surface area contributed by atoms with Gasteiger partial charge in [0, 0.05) is 5.56 Å². The van der Waals surface area contributed by atoms with Gasteiger partial charge in [0.05, 0.1) is 5.69 Å². The monoisotopic (exact) mass is 250 g/mol. The van der Waals surface area contributed by atoms with E-state index >= 15 is 0 Å². The number of carbonyl (C=O) groups is 1. The minimum atomic E-state index is -2.78. The van der Waals surface area contributed by atoms with Gasteiger partial charge < -0.3 is 5.73 Å². The van der Waals surface area contributed by atoms with Gasteiger partial charge in [-0.2, -0.15) is 0 Å². The number of aldehydes is 1. The number of hydrogen-bond donors (Lipinski definition) is 1. The molecule has 0 saturated heterocycles. The number of nitrogens with zero attached hydrogens (tertiary/aromatic N) is 1. The molecule has 0 atom stereocenters. The standard InChI is InChI=1S/C7H5BrF2N2O/c8-6-4(11)1-3(2-13)5(12-6)7(9)10/h1-2,7H,11H2. The molecule has 0 aliphatic carbocycles. The van der Waals surface area contributed by atoms with Crippen molar-refractivity contribution in [3.05, 3.63) is 21.9 Å². The smallest absolute Gasteiger partial charge is 0.281 e. The summed E-state index contributed by atoms with van der Waals surface area (Å²) in [4.78, 5) is 13.8. The van der Waals surface area contributed by atoms with E-state index in [1.54, 1.807) is 0 Å². The fourth-order valence-electron chi connectivity index (χ4n) is 0.805. The highest BCUT2D eigenvalue weighted by molar-refractivity contribution is 9.10. The lowest BCUT2D eigenvalue weighted by Gasteiger charge is -2.04. The van der Waals surface area contributed by atoms with Crippen LogP contribution in [0.3, 0.4) is 0 Å². The number of hydrogen-bond acceptors (Lipinski definition) is 3. The van der Waals surface area contributed by atoms with Crippen molar-refractivity contribution in [2.75, 3.05) is 5.73 Å². The Bertz CT molecular complexity index is 344. The van der Waals surface area contributed by atoms with Crippen molar-refractivity contribution in [3.63, 3.8) is 0 Å². The second-order valence-electron chi connectivity index (χ2n) is 2.26. The lowest BCUT2D eigenvalue weighted by Crippen LogP contribution is -2.01. The van der Waals surface area contributed by atoms with Crippen molar-refractivity contribution < 1.29 is 13.6 Å². The fraction of sp³-hybridized carbons (Fsp3) is 0.143. The van der Waals surface area contributed by atoms with Gasteiger partial charge in [0.1, 0.15) is 10.3 Å². The van der Waals surface area contributed by atoms with Crippen LogP contribution in [0.1, 0.15) is 22.5 Å². The summed E-state index contributed by atoms with van der Waals surface area (Å²) < 4.78 is 24.6. The summed E-state index contributed by atoms with van der Waals surface area (Å²) in [5, 5.41) is 0. The van der Waals surface area contributed by atoms with Gasteiger partial charge in [0.2, 0.25) is 0 Å². The molecule has 2 N–H and O–H groups in total. The maximum Gasteiger partial charge on any atom is 0.281 e. The normalized spacial score (nSPS) is 10.5. The Kier molecular flexibility index (Phi) is 2.92. The van der Waals surface area contributed by atoms with Crippen molar-refractivity contribution in [1.82, 2.24) is 4.98 Å². The Labute approximate surface area is 81.1 Å². The molecule has 0 unspecified atom stereocenters. The molecule has 70 valence electrons. The number of pyridine rings is 1. The molecule has 0 radical (unpaired) electrons. The Balaban J connectivity index is 3.32. The molecular weight excluding hydrogens is 246 g/mol. The van der Waals surface area contributed by atoms with E-state index in [9.17, 15) is 13.6 Å². The van der Waals surface area contributed by atoms with E-state index in [2.05, 4.69) is 20.9 Å². The van der Waals surface area contributed by atoms with E-state index in [0.29, 0.717) is 6.29 Å². The third-order valence-corrected chi connectivity index (χ3v) is 2.03. The van der Waals surface area contributed by atoms with Crippen LogP contribution in [0, 0.1) is 0 Å². The van der Waals surface area contributed by atoms with Crippen molar-refractivity contribution in [2.45, 2.75) is 6.43 Å². The summed E-state index contributed by atoms with van der Waals surface area (Å²) in [6.07, 6.45) is -2.48. The van der Waals surface area contributed by atoms with Crippen molar-refractivity contribution in [1.29, 1.82) is 0 Å². The zero-order chi connectivity index (χ0) is 10.0. The molecule has 0 bridgehead atoms. The molecule has 1 rings (SSSR count). The number of nitrogens with two attached hydrogens (primary N) is 1. The largest absolute Gasteiger partial charge is 0.397 e. The van der Waals surface area contributed by atoms with E-state index in [0.717, 1.165) is 6.07 Å². The Hall–Kier alpha value is -1.04. The number of alkyl halides is 2. The lowest BCUT2D eigenvalue weighted by molar-refractivity contribution is 0.110. The molecule has 0 aromatic carbocycles. The van der Waals surface area contributed by atoms with Crippen LogP contribution in [-0.4, -0.2) is 11.3 Å². The molecular formula is C7H5BrF2N2O. The minimum absolute atomic E-state index is 0.119. The van der Waals surface area contributed by atoms with Crippen molar-refractivity contribution >= 4 is 27.9 Å². The Morgan fingerprint density at radius 1 is 1.62 bits per heavy atom. The summed E-state index contributed by atoms with van der Waals surface area (Å²) in [7, 11) is 0. The Morgan fingerprint density at radius 2 is 2.23 bits per heavy atom. The number of anilines is 1. The zero-order valence-corrected chi connectivity index (χ0v) is 7.88. The summed E-state index contributed by atoms with van der Waals surface area (Å²) in [6.45, 7) is 0. The first-order valence-corrected chi connectivity index (χ1v) is 4.04. The van der Waals surface area contributed by atoms with E-state index in [1.807, 2.05) is 0 Å². The molecule has 0 amide bonds. The molecule has 0 aliphatic heterocycles. The van der Waals surface area contributed by atoms with Crippen LogP contribution in [0.5, 0.6) is 0 Å². The first kappa shape index (κ1) is 10.0. The van der Waals surface area contributed by atoms with E-state index in [-0.39, 0.29) is 15.9 Å². The first-order chi connectivity index (χ1) is 6.06. The van der Waals surface area contributed by atoms with Gasteiger partial charge in [-0.25, -0.2) is 13.8 Å². The van der Waals surface area contributed by atoms with Crippen LogP contribution in [0.25, 0.3) is 0 Å². The maximum atomic E-state index is 12.2. The zero-order valence-electron chi connectivity index (χ0n) is 6.30. The van der Waals surface area contributed by atoms with Gasteiger partial charge in [-0.15, -0.1) is 0 Å². The summed E-state index contributed by atoms with van der Waals surface area (Å²) >= 11 is 2.89. The van der Waals surface area contributed by atoms with Gasteiger partial charge in [-0.05, 0) is 22.0 Å². The SMILES string of the molecule is Nc1cc(C=O)c(C(F)F)nc1Br. The summed E-state index contributed by atoms with van der Waals surface area (Å²) in [5.74, 6) is 0. The van der Waals surface area contributed by atoms with E-state index < -0.39 is 12.1 Å². The topological polar surface area (TPSA) is 56.0 Å². The predicted octanol–water partition coefficient (Wildman–Crippen LogP) is 2.18. The second kappa shape index (κ2) is 3.78. The Morgan fingerprint density at radius 3 is 2.69 bits per heavy atom. The average Bonchev–Trinajstić information content (AvgIpc) is 2.08. The van der Waals surface area contributed by atoms with Gasteiger partial charge in [0.15, 0.2) is 6.29 Å². The number of rotatable bonds is 2. The first-order valence-electron chi connectivity index (χ1n) is 3.25. The molecule has 0 spiro atoms. The molecule has 0 saturated carbocycles. The van der Waals surface area contributed by atoms with Crippen LogP contribution in [0.4, 0.5) is 14.5 Å². The van der Waals surface area contributed by atoms with Gasteiger partial charge in [-0.3, -0.25) is 4.79 Å². The highest BCUT2D eigenvalue weighted by atomic mass is 79.9. The highest BCUT2D eigenvalue weighted by Crippen LogP contribution is 2.25. The van der Waals surface area contributed by atoms with Crippen LogP contribution < -0.4 is 5.73 Å². The lowest BCUT2D eigenvalue weighted by atomic mass is 10.2. The van der Waals surface area contributed by atoms with Crippen molar-refractivity contribution in [3.8, 4) is 0 Å². The van der Waals surface area contributed by atoms with Gasteiger partial charge in [0.25, 0.3) is 6.43 Å². The minimum Gasteiger partial charge on any atom is -0.397 e. The summed E-state index contributed by atoms with van der Waals surface area (Å²) in [5.41, 5.74) is 4.77. The van der Waals surface area contributed by atoms with E-state index in [4.69, 9.17) is 5.73 Å². The average molecular weight is 251 g/mol. The highest BCUT2D eigenvalue weighted by Gasteiger charge is 2.16. The molecule has 13 heavy (non-hydrogen) atoms.